The molecule has 0 N–H and O–H groups in total. The van der Waals surface area contributed by atoms with Crippen molar-refractivity contribution in [2.75, 3.05) is 6.61 Å². The Morgan fingerprint density at radius 2 is 1.41 bits per heavy atom. The van der Waals surface area contributed by atoms with E-state index < -0.39 is 0 Å². The summed E-state index contributed by atoms with van der Waals surface area (Å²) in [5, 5.41) is 2.53. The van der Waals surface area contributed by atoms with E-state index in [0.717, 1.165) is 11.3 Å². The average molecular weight is 284 g/mol. The van der Waals surface area contributed by atoms with Crippen LogP contribution < -0.4 is 0 Å². The van der Waals surface area contributed by atoms with E-state index in [9.17, 15) is 0 Å². The van der Waals surface area contributed by atoms with Gasteiger partial charge in [-0.2, -0.15) is 0 Å². The van der Waals surface area contributed by atoms with Gasteiger partial charge in [0.25, 0.3) is 0 Å². The van der Waals surface area contributed by atoms with Crippen molar-refractivity contribution in [1.82, 2.24) is 0 Å². The summed E-state index contributed by atoms with van der Waals surface area (Å²) in [6.07, 6.45) is 6.11. The minimum Gasteiger partial charge on any atom is -0.489 e. The van der Waals surface area contributed by atoms with E-state index in [0.29, 0.717) is 6.61 Å². The number of allylic oxidation sites excluding steroid dienone is 2. The van der Waals surface area contributed by atoms with Crippen LogP contribution in [0, 0.1) is 0 Å². The lowest BCUT2D eigenvalue weighted by Gasteiger charge is -2.16. The van der Waals surface area contributed by atoms with Crippen molar-refractivity contribution in [2.45, 2.75) is 0 Å². The maximum Gasteiger partial charge on any atom is 0.127 e. The van der Waals surface area contributed by atoms with Crippen LogP contribution in [0.25, 0.3) is 27.7 Å². The number of hydrogen-bond acceptors (Lipinski definition) is 1. The zero-order valence-corrected chi connectivity index (χ0v) is 12.2. The summed E-state index contributed by atoms with van der Waals surface area (Å²) in [6, 6.07) is 23.4. The van der Waals surface area contributed by atoms with E-state index >= 15 is 0 Å². The predicted octanol–water partition coefficient (Wildman–Crippen LogP) is 5.43. The molecule has 0 aromatic heterocycles. The number of hydrogen-bond donors (Lipinski definition) is 0. The fourth-order valence-electron chi connectivity index (χ4n) is 2.96. The summed E-state index contributed by atoms with van der Waals surface area (Å²) in [7, 11) is 0. The number of benzene rings is 3. The Morgan fingerprint density at radius 1 is 0.682 bits per heavy atom. The monoisotopic (exact) mass is 284 g/mol. The fraction of sp³-hybridized carbons (Fsp3) is 0.0476. The first kappa shape index (κ1) is 12.9. The number of fused-ring (bicyclic) bond motifs is 1. The van der Waals surface area contributed by atoms with Crippen LogP contribution in [0.3, 0.4) is 0 Å². The van der Waals surface area contributed by atoms with Crippen LogP contribution in [0.5, 0.6) is 0 Å². The van der Waals surface area contributed by atoms with Gasteiger partial charge in [-0.15, -0.1) is 0 Å². The third-order valence-corrected chi connectivity index (χ3v) is 3.99. The summed E-state index contributed by atoms with van der Waals surface area (Å²) in [5.74, 6) is 0.936. The van der Waals surface area contributed by atoms with Gasteiger partial charge < -0.3 is 4.74 Å². The lowest BCUT2D eigenvalue weighted by Crippen LogP contribution is -1.98. The zero-order valence-electron chi connectivity index (χ0n) is 12.2. The summed E-state index contributed by atoms with van der Waals surface area (Å²) in [4.78, 5) is 0. The molecular weight excluding hydrogens is 268 g/mol. The lowest BCUT2D eigenvalue weighted by atomic mass is 9.93. The second kappa shape index (κ2) is 5.53. The molecule has 0 saturated carbocycles. The molecule has 0 amide bonds. The van der Waals surface area contributed by atoms with E-state index in [1.807, 2.05) is 12.2 Å². The second-order valence-electron chi connectivity index (χ2n) is 5.34. The van der Waals surface area contributed by atoms with Gasteiger partial charge >= 0.3 is 0 Å². The first-order chi connectivity index (χ1) is 10.9. The molecule has 22 heavy (non-hydrogen) atoms. The van der Waals surface area contributed by atoms with Gasteiger partial charge in [0, 0.05) is 5.56 Å². The molecule has 106 valence electrons. The van der Waals surface area contributed by atoms with Crippen molar-refractivity contribution in [3.63, 3.8) is 0 Å². The minimum absolute atomic E-state index is 0.635. The van der Waals surface area contributed by atoms with Gasteiger partial charge in [-0.05, 0) is 34.1 Å². The van der Waals surface area contributed by atoms with Crippen LogP contribution in [0.2, 0.25) is 0 Å². The standard InChI is InChI=1S/C21H16O/c1-2-10-17-16(8-1)9-7-13-18(17)19-11-3-4-12-20(19)21-14-5-6-15-22-21/h1-14H,15H2. The van der Waals surface area contributed by atoms with Crippen molar-refractivity contribution in [1.29, 1.82) is 0 Å². The summed E-state index contributed by atoms with van der Waals surface area (Å²) < 4.78 is 5.81. The molecule has 0 bridgehead atoms. The Kier molecular flexibility index (Phi) is 3.24. The normalized spacial score (nSPS) is 13.7. The zero-order chi connectivity index (χ0) is 14.8. The first-order valence-electron chi connectivity index (χ1n) is 7.51. The van der Waals surface area contributed by atoms with E-state index in [2.05, 4.69) is 72.8 Å². The molecule has 0 spiro atoms. The van der Waals surface area contributed by atoms with Gasteiger partial charge in [-0.3, -0.25) is 0 Å². The van der Waals surface area contributed by atoms with Crippen molar-refractivity contribution in [3.8, 4) is 11.1 Å². The highest BCUT2D eigenvalue weighted by Crippen LogP contribution is 2.34. The molecular formula is C21H16O. The highest BCUT2D eigenvalue weighted by molar-refractivity contribution is 5.99. The quantitative estimate of drug-likeness (QED) is 0.609. The van der Waals surface area contributed by atoms with E-state index in [1.165, 1.54) is 21.9 Å². The van der Waals surface area contributed by atoms with Crippen LogP contribution in [0.1, 0.15) is 5.56 Å². The van der Waals surface area contributed by atoms with Crippen LogP contribution in [-0.4, -0.2) is 6.61 Å². The van der Waals surface area contributed by atoms with Crippen molar-refractivity contribution in [3.05, 3.63) is 90.5 Å². The average Bonchev–Trinajstić information content (AvgIpc) is 2.62. The maximum absolute atomic E-state index is 5.81. The Hall–Kier alpha value is -2.80. The predicted molar refractivity (Wildman–Crippen MR) is 92.5 cm³/mol. The molecule has 1 aliphatic rings. The van der Waals surface area contributed by atoms with Gasteiger partial charge in [-0.25, -0.2) is 0 Å². The smallest absolute Gasteiger partial charge is 0.127 e. The Bertz CT molecular complexity index is 882. The second-order valence-corrected chi connectivity index (χ2v) is 5.34. The largest absolute Gasteiger partial charge is 0.489 e. The van der Waals surface area contributed by atoms with Gasteiger partial charge in [0.1, 0.15) is 12.4 Å². The van der Waals surface area contributed by atoms with Crippen molar-refractivity contribution >= 4 is 16.5 Å². The molecule has 0 saturated heterocycles. The first-order valence-corrected chi connectivity index (χ1v) is 7.51. The molecule has 0 radical (unpaired) electrons. The van der Waals surface area contributed by atoms with Crippen molar-refractivity contribution in [2.24, 2.45) is 0 Å². The van der Waals surface area contributed by atoms with Gasteiger partial charge in [0.15, 0.2) is 0 Å². The highest BCUT2D eigenvalue weighted by atomic mass is 16.5. The van der Waals surface area contributed by atoms with E-state index in [4.69, 9.17) is 4.74 Å². The summed E-state index contributed by atoms with van der Waals surface area (Å²) in [5.41, 5.74) is 3.59. The Labute approximate surface area is 130 Å². The third kappa shape index (κ3) is 2.21. The molecule has 0 aliphatic carbocycles. The molecule has 3 aromatic carbocycles. The summed E-state index contributed by atoms with van der Waals surface area (Å²) >= 11 is 0. The molecule has 0 atom stereocenters. The lowest BCUT2D eigenvalue weighted by molar-refractivity contribution is 0.316. The van der Waals surface area contributed by atoms with Crippen molar-refractivity contribution < 1.29 is 4.74 Å². The topological polar surface area (TPSA) is 9.23 Å². The summed E-state index contributed by atoms with van der Waals surface area (Å²) in [6.45, 7) is 0.635. The Morgan fingerprint density at radius 3 is 2.27 bits per heavy atom. The molecule has 0 unspecified atom stereocenters. The van der Waals surface area contributed by atoms with Crippen LogP contribution >= 0.6 is 0 Å². The fourth-order valence-corrected chi connectivity index (χ4v) is 2.96. The molecule has 1 heteroatoms. The highest BCUT2D eigenvalue weighted by Gasteiger charge is 2.12. The van der Waals surface area contributed by atoms with Crippen LogP contribution in [0.4, 0.5) is 0 Å². The molecule has 1 aliphatic heterocycles. The SMILES string of the molecule is C1=CCOC(c2ccccc2-c2cccc3ccccc23)=C1. The molecule has 0 fully saturated rings. The van der Waals surface area contributed by atoms with E-state index in [1.54, 1.807) is 0 Å². The van der Waals surface area contributed by atoms with Gasteiger partial charge in [0.2, 0.25) is 0 Å². The maximum atomic E-state index is 5.81. The molecule has 3 aromatic rings. The number of ether oxygens (including phenoxy) is 1. The Balaban J connectivity index is 1.96. The third-order valence-electron chi connectivity index (χ3n) is 3.99. The molecule has 4 rings (SSSR count). The molecule has 1 nitrogen and oxygen atoms in total. The molecule has 1 heterocycles. The van der Waals surface area contributed by atoms with E-state index in [-0.39, 0.29) is 0 Å². The minimum atomic E-state index is 0.635. The number of rotatable bonds is 2. The van der Waals surface area contributed by atoms with Gasteiger partial charge in [-0.1, -0.05) is 72.8 Å². The van der Waals surface area contributed by atoms with Crippen LogP contribution in [-0.2, 0) is 4.74 Å². The van der Waals surface area contributed by atoms with Gasteiger partial charge in [0.05, 0.1) is 0 Å². The van der Waals surface area contributed by atoms with Crippen LogP contribution in [0.15, 0.2) is 85.0 Å².